The molecule has 1 aliphatic heterocycles. The second-order valence-electron chi connectivity index (χ2n) is 3.93. The summed E-state index contributed by atoms with van der Waals surface area (Å²) >= 11 is 0. The third-order valence-corrected chi connectivity index (χ3v) is 3.14. The van der Waals surface area contributed by atoms with E-state index < -0.39 is 29.5 Å². The molecule has 1 aliphatic carbocycles. The lowest BCUT2D eigenvalue weighted by Crippen LogP contribution is -2.41. The average molecular weight is 223 g/mol. The molecule has 0 aromatic heterocycles. The third kappa shape index (κ3) is 1.29. The van der Waals surface area contributed by atoms with Gasteiger partial charge in [-0.1, -0.05) is 0 Å². The van der Waals surface area contributed by atoms with Crippen LogP contribution in [0.3, 0.4) is 0 Å². The Hall–Kier alpha value is -1.27. The number of nitrogens with zero attached hydrogens (tertiary/aromatic N) is 1. The van der Waals surface area contributed by atoms with E-state index in [9.17, 15) is 22.8 Å². The van der Waals surface area contributed by atoms with Gasteiger partial charge in [0.25, 0.3) is 0 Å². The molecule has 2 aliphatic rings. The lowest BCUT2D eigenvalue weighted by Gasteiger charge is -2.18. The van der Waals surface area contributed by atoms with Gasteiger partial charge in [0, 0.05) is 12.6 Å². The Morgan fingerprint density at radius 2 is 2.00 bits per heavy atom. The van der Waals surface area contributed by atoms with E-state index in [2.05, 4.69) is 0 Å². The highest BCUT2D eigenvalue weighted by Crippen LogP contribution is 2.57. The Bertz CT molecular complexity index is 341. The van der Waals surface area contributed by atoms with Crippen LogP contribution in [0.5, 0.6) is 0 Å². The van der Waals surface area contributed by atoms with Crippen LogP contribution >= 0.6 is 0 Å². The molecule has 0 bridgehead atoms. The van der Waals surface area contributed by atoms with Crippen molar-refractivity contribution in [3.63, 3.8) is 0 Å². The normalized spacial score (nSPS) is 33.8. The smallest absolute Gasteiger partial charge is 0.471 e. The first-order valence-corrected chi connectivity index (χ1v) is 4.40. The van der Waals surface area contributed by atoms with Crippen LogP contribution in [0.1, 0.15) is 12.8 Å². The fraction of sp³-hybridized carbons (Fsp3) is 0.750. The van der Waals surface area contributed by atoms with E-state index in [0.29, 0.717) is 4.90 Å². The summed E-state index contributed by atoms with van der Waals surface area (Å²) in [7, 11) is 0. The van der Waals surface area contributed by atoms with E-state index in [0.717, 1.165) is 0 Å². The van der Waals surface area contributed by atoms with Crippen molar-refractivity contribution < 1.29 is 27.9 Å². The molecule has 15 heavy (non-hydrogen) atoms. The minimum absolute atomic E-state index is 0.116. The standard InChI is InChI=1S/C8H8F3NO3/c9-8(10,11)5(13)12-2-1-7(6(14)15)3-4(7)12/h4H,1-3H2,(H,14,15)/t4-,7-/m1/s1. The van der Waals surface area contributed by atoms with E-state index in [4.69, 9.17) is 5.11 Å². The van der Waals surface area contributed by atoms with Crippen LogP contribution < -0.4 is 0 Å². The summed E-state index contributed by atoms with van der Waals surface area (Å²) in [5.74, 6) is -3.03. The van der Waals surface area contributed by atoms with Gasteiger partial charge >= 0.3 is 18.1 Å². The number of aliphatic carboxylic acids is 1. The summed E-state index contributed by atoms with van der Waals surface area (Å²) < 4.78 is 36.2. The van der Waals surface area contributed by atoms with Crippen LogP contribution in [0, 0.1) is 5.41 Å². The number of carbonyl (C=O) groups is 2. The summed E-state index contributed by atoms with van der Waals surface area (Å²) in [5, 5.41) is 8.80. The van der Waals surface area contributed by atoms with Crippen molar-refractivity contribution in [2.45, 2.75) is 25.1 Å². The average Bonchev–Trinajstić information content (AvgIpc) is 2.72. The summed E-state index contributed by atoms with van der Waals surface area (Å²) in [6, 6.07) is -0.760. The maximum Gasteiger partial charge on any atom is 0.471 e. The van der Waals surface area contributed by atoms with Crippen molar-refractivity contribution in [1.82, 2.24) is 4.90 Å². The minimum Gasteiger partial charge on any atom is -0.481 e. The minimum atomic E-state index is -4.91. The highest BCUT2D eigenvalue weighted by atomic mass is 19.4. The Kier molecular flexibility index (Phi) is 1.81. The Morgan fingerprint density at radius 3 is 2.33 bits per heavy atom. The first-order chi connectivity index (χ1) is 6.79. The van der Waals surface area contributed by atoms with Crippen LogP contribution in [0.25, 0.3) is 0 Å². The highest BCUT2D eigenvalue weighted by Gasteiger charge is 2.69. The van der Waals surface area contributed by atoms with E-state index in [-0.39, 0.29) is 19.4 Å². The number of rotatable bonds is 1. The van der Waals surface area contributed by atoms with E-state index in [1.54, 1.807) is 0 Å². The number of carboxylic acids is 1. The zero-order valence-electron chi connectivity index (χ0n) is 7.54. The fourth-order valence-electron chi connectivity index (χ4n) is 2.18. The topological polar surface area (TPSA) is 57.6 Å². The number of likely N-dealkylation sites (tertiary alicyclic amines) is 1. The largest absolute Gasteiger partial charge is 0.481 e. The quantitative estimate of drug-likeness (QED) is 0.709. The van der Waals surface area contributed by atoms with Gasteiger partial charge in [-0.25, -0.2) is 0 Å². The van der Waals surface area contributed by atoms with Crippen molar-refractivity contribution in [1.29, 1.82) is 0 Å². The fourth-order valence-corrected chi connectivity index (χ4v) is 2.18. The van der Waals surface area contributed by atoms with E-state index in [1.165, 1.54) is 0 Å². The van der Waals surface area contributed by atoms with Crippen LogP contribution in [0.2, 0.25) is 0 Å². The van der Waals surface area contributed by atoms with Gasteiger partial charge in [-0.2, -0.15) is 13.2 Å². The molecule has 1 heterocycles. The van der Waals surface area contributed by atoms with Gasteiger partial charge in [-0.3, -0.25) is 9.59 Å². The summed E-state index contributed by atoms with van der Waals surface area (Å²) in [5.41, 5.74) is -1.10. The highest BCUT2D eigenvalue weighted by molar-refractivity contribution is 5.87. The number of fused-ring (bicyclic) bond motifs is 1. The maximum atomic E-state index is 12.1. The van der Waals surface area contributed by atoms with Gasteiger partial charge in [-0.05, 0) is 12.8 Å². The zero-order valence-corrected chi connectivity index (χ0v) is 7.54. The van der Waals surface area contributed by atoms with Crippen molar-refractivity contribution in [3.8, 4) is 0 Å². The lowest BCUT2D eigenvalue weighted by atomic mass is 10.1. The van der Waals surface area contributed by atoms with Gasteiger partial charge in [0.05, 0.1) is 5.41 Å². The van der Waals surface area contributed by atoms with Gasteiger partial charge < -0.3 is 10.0 Å². The molecule has 1 saturated heterocycles. The lowest BCUT2D eigenvalue weighted by molar-refractivity contribution is -0.185. The van der Waals surface area contributed by atoms with E-state index >= 15 is 0 Å². The first kappa shape index (κ1) is 10.3. The second-order valence-corrected chi connectivity index (χ2v) is 3.93. The van der Waals surface area contributed by atoms with Gasteiger partial charge in [-0.15, -0.1) is 0 Å². The molecule has 2 fully saturated rings. The Morgan fingerprint density at radius 1 is 1.40 bits per heavy atom. The van der Waals surface area contributed by atoms with Crippen molar-refractivity contribution in [3.05, 3.63) is 0 Å². The van der Waals surface area contributed by atoms with Gasteiger partial charge in [0.1, 0.15) is 0 Å². The summed E-state index contributed by atoms with van der Waals surface area (Å²) in [4.78, 5) is 22.3. The molecule has 0 unspecified atom stereocenters. The SMILES string of the molecule is O=C(N1CC[C@@]2(C(=O)O)C[C@@H]12)C(F)(F)F. The van der Waals surface area contributed by atoms with Crippen LogP contribution in [0.4, 0.5) is 13.2 Å². The molecule has 7 heteroatoms. The molecule has 0 radical (unpaired) electrons. The number of carbonyl (C=O) groups excluding carboxylic acids is 1. The molecule has 0 aromatic carbocycles. The summed E-state index contributed by atoms with van der Waals surface area (Å²) in [6.07, 6.45) is -4.64. The molecular weight excluding hydrogens is 215 g/mol. The van der Waals surface area contributed by atoms with Crippen molar-refractivity contribution in [2.24, 2.45) is 5.41 Å². The maximum absolute atomic E-state index is 12.1. The number of alkyl halides is 3. The Balaban J connectivity index is 2.12. The third-order valence-electron chi connectivity index (χ3n) is 3.14. The number of halogens is 3. The molecule has 4 nitrogen and oxygen atoms in total. The van der Waals surface area contributed by atoms with Crippen molar-refractivity contribution in [2.75, 3.05) is 6.54 Å². The zero-order chi connectivity index (χ0) is 11.4. The molecule has 1 amide bonds. The summed E-state index contributed by atoms with van der Waals surface area (Å²) in [6.45, 7) is -0.116. The number of amides is 1. The molecule has 2 rings (SSSR count). The molecule has 1 N–H and O–H groups in total. The predicted octanol–water partition coefficient (Wildman–Crippen LogP) is 0.624. The predicted molar refractivity (Wildman–Crippen MR) is 40.9 cm³/mol. The van der Waals surface area contributed by atoms with Gasteiger partial charge in [0.15, 0.2) is 0 Å². The van der Waals surface area contributed by atoms with Crippen LogP contribution in [-0.4, -0.2) is 40.6 Å². The van der Waals surface area contributed by atoms with E-state index in [1.807, 2.05) is 0 Å². The Labute approximate surface area is 82.7 Å². The van der Waals surface area contributed by atoms with Crippen LogP contribution in [0.15, 0.2) is 0 Å². The van der Waals surface area contributed by atoms with Gasteiger partial charge in [0.2, 0.25) is 0 Å². The molecular formula is C8H8F3NO3. The number of carboxylic acid groups (broad SMARTS) is 1. The monoisotopic (exact) mass is 223 g/mol. The molecule has 1 saturated carbocycles. The molecule has 2 atom stereocenters. The molecule has 0 spiro atoms. The molecule has 84 valence electrons. The van der Waals surface area contributed by atoms with Crippen LogP contribution in [-0.2, 0) is 9.59 Å². The number of hydrogen-bond acceptors (Lipinski definition) is 2. The van der Waals surface area contributed by atoms with Crippen molar-refractivity contribution >= 4 is 11.9 Å². The molecule has 0 aromatic rings. The second kappa shape index (κ2) is 2.65. The number of hydrogen-bond donors (Lipinski definition) is 1. The first-order valence-electron chi connectivity index (χ1n) is 4.40. The number of piperidine rings is 1.